The number of hydroxylamine groups is 1. The van der Waals surface area contributed by atoms with Gasteiger partial charge in [0.2, 0.25) is 0 Å². The Balaban J connectivity index is 2.55. The van der Waals surface area contributed by atoms with Crippen LogP contribution in [0.3, 0.4) is 0 Å². The first kappa shape index (κ1) is 13.6. The van der Waals surface area contributed by atoms with Gasteiger partial charge in [0.15, 0.2) is 0 Å². The predicted octanol–water partition coefficient (Wildman–Crippen LogP) is 2.52. The summed E-state index contributed by atoms with van der Waals surface area (Å²) in [5.74, 6) is -0.302. The van der Waals surface area contributed by atoms with Crippen LogP contribution in [0.25, 0.3) is 0 Å². The van der Waals surface area contributed by atoms with E-state index in [-0.39, 0.29) is 5.91 Å². The highest BCUT2D eigenvalue weighted by atomic mass is 79.9. The summed E-state index contributed by atoms with van der Waals surface area (Å²) in [6.07, 6.45) is 0. The zero-order chi connectivity index (χ0) is 12.0. The second kappa shape index (κ2) is 7.01. The van der Waals surface area contributed by atoms with Gasteiger partial charge in [0, 0.05) is 16.1 Å². The zero-order valence-electron chi connectivity index (χ0n) is 8.63. The molecule has 0 spiro atoms. The number of amides is 1. The molecule has 88 valence electrons. The number of carbonyl (C=O) groups excluding carboxylic acids is 1. The lowest BCUT2D eigenvalue weighted by atomic mass is 10.2. The van der Waals surface area contributed by atoms with E-state index in [1.165, 1.54) is 0 Å². The van der Waals surface area contributed by atoms with Gasteiger partial charge >= 0.3 is 0 Å². The Morgan fingerprint density at radius 2 is 2.12 bits per heavy atom. The van der Waals surface area contributed by atoms with E-state index in [0.29, 0.717) is 23.2 Å². The lowest BCUT2D eigenvalue weighted by molar-refractivity contribution is 0.00883. The molecular formula is C10H11Br2NO3. The Kier molecular flexibility index (Phi) is 5.97. The highest BCUT2D eigenvalue weighted by molar-refractivity contribution is 9.11. The van der Waals surface area contributed by atoms with E-state index in [9.17, 15) is 4.79 Å². The van der Waals surface area contributed by atoms with Gasteiger partial charge in [-0.3, -0.25) is 9.63 Å². The summed E-state index contributed by atoms with van der Waals surface area (Å²) in [4.78, 5) is 16.6. The van der Waals surface area contributed by atoms with Crippen molar-refractivity contribution in [2.45, 2.75) is 0 Å². The smallest absolute Gasteiger partial charge is 0.276 e. The number of carbonyl (C=O) groups is 1. The van der Waals surface area contributed by atoms with Crippen molar-refractivity contribution in [2.75, 3.05) is 20.3 Å². The van der Waals surface area contributed by atoms with Crippen LogP contribution < -0.4 is 5.48 Å². The van der Waals surface area contributed by atoms with Crippen LogP contribution in [-0.4, -0.2) is 26.2 Å². The van der Waals surface area contributed by atoms with Gasteiger partial charge in [-0.15, -0.1) is 0 Å². The summed E-state index contributed by atoms with van der Waals surface area (Å²) in [6.45, 7) is 0.744. The quantitative estimate of drug-likeness (QED) is 0.654. The fourth-order valence-corrected chi connectivity index (χ4v) is 1.76. The van der Waals surface area contributed by atoms with Gasteiger partial charge in [0.05, 0.1) is 18.8 Å². The summed E-state index contributed by atoms with van der Waals surface area (Å²) in [5.41, 5.74) is 2.84. The van der Waals surface area contributed by atoms with Gasteiger partial charge in [-0.25, -0.2) is 5.48 Å². The number of rotatable bonds is 5. The molecular weight excluding hydrogens is 342 g/mol. The maximum Gasteiger partial charge on any atom is 0.276 e. The summed E-state index contributed by atoms with van der Waals surface area (Å²) < 4.78 is 6.32. The number of hydrogen-bond acceptors (Lipinski definition) is 3. The molecule has 16 heavy (non-hydrogen) atoms. The van der Waals surface area contributed by atoms with Gasteiger partial charge in [-0.1, -0.05) is 15.9 Å². The van der Waals surface area contributed by atoms with Crippen molar-refractivity contribution in [1.82, 2.24) is 5.48 Å². The van der Waals surface area contributed by atoms with Gasteiger partial charge in [-0.05, 0) is 34.1 Å². The minimum Gasteiger partial charge on any atom is -0.382 e. The standard InChI is InChI=1S/C10H11Br2NO3/c1-15-4-5-16-13-10(14)8-6-7(11)2-3-9(8)12/h2-3,6H,4-5H2,1H3,(H,13,14). The summed E-state index contributed by atoms with van der Waals surface area (Å²) in [6, 6.07) is 5.33. The molecule has 0 radical (unpaired) electrons. The molecule has 1 aromatic rings. The molecule has 0 bridgehead atoms. The molecule has 0 saturated carbocycles. The van der Waals surface area contributed by atoms with Crippen LogP contribution in [-0.2, 0) is 9.57 Å². The lowest BCUT2D eigenvalue weighted by Crippen LogP contribution is -2.25. The normalized spacial score (nSPS) is 10.2. The van der Waals surface area contributed by atoms with Gasteiger partial charge < -0.3 is 4.74 Å². The SMILES string of the molecule is COCCONC(=O)c1cc(Br)ccc1Br. The Labute approximate surface area is 111 Å². The third kappa shape index (κ3) is 4.21. The zero-order valence-corrected chi connectivity index (χ0v) is 11.8. The number of nitrogens with one attached hydrogen (secondary N) is 1. The van der Waals surface area contributed by atoms with Crippen molar-refractivity contribution < 1.29 is 14.4 Å². The van der Waals surface area contributed by atoms with Crippen LogP contribution >= 0.6 is 31.9 Å². The molecule has 0 aliphatic rings. The maximum absolute atomic E-state index is 11.7. The molecule has 1 N–H and O–H groups in total. The van der Waals surface area contributed by atoms with E-state index in [4.69, 9.17) is 9.57 Å². The molecule has 0 aliphatic carbocycles. The Morgan fingerprint density at radius 1 is 1.38 bits per heavy atom. The molecule has 0 atom stereocenters. The van der Waals surface area contributed by atoms with E-state index in [0.717, 1.165) is 4.47 Å². The molecule has 0 saturated heterocycles. The number of ether oxygens (including phenoxy) is 1. The molecule has 4 nitrogen and oxygen atoms in total. The molecule has 0 fully saturated rings. The van der Waals surface area contributed by atoms with E-state index >= 15 is 0 Å². The van der Waals surface area contributed by atoms with Crippen LogP contribution in [0.1, 0.15) is 10.4 Å². The van der Waals surface area contributed by atoms with Crippen molar-refractivity contribution >= 4 is 37.8 Å². The number of benzene rings is 1. The predicted molar refractivity (Wildman–Crippen MR) is 67.1 cm³/mol. The summed E-state index contributed by atoms with van der Waals surface area (Å²) >= 11 is 6.59. The average molecular weight is 353 g/mol. The third-order valence-corrected chi connectivity index (χ3v) is 2.91. The Hall–Kier alpha value is -0.430. The van der Waals surface area contributed by atoms with E-state index < -0.39 is 0 Å². The number of halogens is 2. The molecule has 0 unspecified atom stereocenters. The van der Waals surface area contributed by atoms with Crippen molar-refractivity contribution in [3.8, 4) is 0 Å². The summed E-state index contributed by atoms with van der Waals surface area (Å²) in [7, 11) is 1.57. The van der Waals surface area contributed by atoms with Crippen LogP contribution in [0.2, 0.25) is 0 Å². The van der Waals surface area contributed by atoms with Crippen molar-refractivity contribution in [1.29, 1.82) is 0 Å². The van der Waals surface area contributed by atoms with Crippen LogP contribution in [0.5, 0.6) is 0 Å². The molecule has 6 heteroatoms. The van der Waals surface area contributed by atoms with Gasteiger partial charge in [0.1, 0.15) is 0 Å². The molecule has 0 aromatic heterocycles. The monoisotopic (exact) mass is 351 g/mol. The molecule has 0 aliphatic heterocycles. The summed E-state index contributed by atoms with van der Waals surface area (Å²) in [5, 5.41) is 0. The van der Waals surface area contributed by atoms with Gasteiger partial charge in [-0.2, -0.15) is 0 Å². The highest BCUT2D eigenvalue weighted by Gasteiger charge is 2.10. The molecule has 1 rings (SSSR count). The molecule has 1 aromatic carbocycles. The first-order valence-corrected chi connectivity index (χ1v) is 6.10. The van der Waals surface area contributed by atoms with Crippen LogP contribution in [0.4, 0.5) is 0 Å². The Morgan fingerprint density at radius 3 is 2.81 bits per heavy atom. The number of hydrogen-bond donors (Lipinski definition) is 1. The van der Waals surface area contributed by atoms with Gasteiger partial charge in [0.25, 0.3) is 5.91 Å². The fraction of sp³-hybridized carbons (Fsp3) is 0.300. The van der Waals surface area contributed by atoms with Crippen molar-refractivity contribution in [3.63, 3.8) is 0 Å². The second-order valence-corrected chi connectivity index (χ2v) is 4.67. The minimum atomic E-state index is -0.302. The second-order valence-electron chi connectivity index (χ2n) is 2.90. The van der Waals surface area contributed by atoms with Crippen molar-refractivity contribution in [3.05, 3.63) is 32.7 Å². The molecule has 1 amide bonds. The first-order valence-electron chi connectivity index (χ1n) is 4.51. The topological polar surface area (TPSA) is 47.6 Å². The van der Waals surface area contributed by atoms with E-state index in [1.54, 1.807) is 19.2 Å². The number of methoxy groups -OCH3 is 1. The van der Waals surface area contributed by atoms with E-state index in [1.807, 2.05) is 6.07 Å². The minimum absolute atomic E-state index is 0.302. The third-order valence-electron chi connectivity index (χ3n) is 1.73. The van der Waals surface area contributed by atoms with E-state index in [2.05, 4.69) is 37.3 Å². The lowest BCUT2D eigenvalue weighted by Gasteiger charge is -2.07. The average Bonchev–Trinajstić information content (AvgIpc) is 2.27. The van der Waals surface area contributed by atoms with Crippen molar-refractivity contribution in [2.24, 2.45) is 0 Å². The maximum atomic E-state index is 11.7. The van der Waals surface area contributed by atoms with Crippen LogP contribution in [0, 0.1) is 0 Å². The fourth-order valence-electron chi connectivity index (χ4n) is 0.968. The molecule has 0 heterocycles. The van der Waals surface area contributed by atoms with Crippen LogP contribution in [0.15, 0.2) is 27.1 Å². The first-order chi connectivity index (χ1) is 7.65. The highest BCUT2D eigenvalue weighted by Crippen LogP contribution is 2.21. The largest absolute Gasteiger partial charge is 0.382 e. The Bertz CT molecular complexity index is 371.